The SMILES string of the molecule is CCCNC(=O)/C(C#N)=C\N(CC)Cc1ccccc1. The summed E-state index contributed by atoms with van der Waals surface area (Å²) in [6, 6.07) is 11.9. The summed E-state index contributed by atoms with van der Waals surface area (Å²) in [5.74, 6) is -0.305. The van der Waals surface area contributed by atoms with Crippen molar-refractivity contribution in [3.8, 4) is 6.07 Å². The van der Waals surface area contributed by atoms with Crippen molar-refractivity contribution < 1.29 is 4.79 Å². The zero-order chi connectivity index (χ0) is 14.8. The molecule has 0 atom stereocenters. The summed E-state index contributed by atoms with van der Waals surface area (Å²) < 4.78 is 0. The number of hydrogen-bond donors (Lipinski definition) is 1. The molecule has 4 heteroatoms. The van der Waals surface area contributed by atoms with Gasteiger partial charge in [-0.15, -0.1) is 0 Å². The van der Waals surface area contributed by atoms with E-state index in [9.17, 15) is 4.79 Å². The zero-order valence-corrected chi connectivity index (χ0v) is 12.1. The normalized spacial score (nSPS) is 10.8. The van der Waals surface area contributed by atoms with Gasteiger partial charge in [0.2, 0.25) is 0 Å². The van der Waals surface area contributed by atoms with Crippen LogP contribution in [-0.4, -0.2) is 23.9 Å². The fourth-order valence-corrected chi connectivity index (χ4v) is 1.72. The second-order valence-electron chi connectivity index (χ2n) is 4.46. The first-order valence-electron chi connectivity index (χ1n) is 6.89. The van der Waals surface area contributed by atoms with Gasteiger partial charge in [-0.05, 0) is 18.9 Å². The van der Waals surface area contributed by atoms with E-state index < -0.39 is 0 Å². The highest BCUT2D eigenvalue weighted by Crippen LogP contribution is 2.06. The molecule has 1 aromatic rings. The molecule has 0 unspecified atom stereocenters. The standard InChI is InChI=1S/C16H21N3O/c1-3-10-18-16(20)15(11-17)13-19(4-2)12-14-8-6-5-7-9-14/h5-9,13H,3-4,10,12H2,1-2H3,(H,18,20)/b15-13-. The van der Waals surface area contributed by atoms with Gasteiger partial charge in [0.1, 0.15) is 11.6 Å². The lowest BCUT2D eigenvalue weighted by atomic mass is 10.2. The molecule has 106 valence electrons. The summed E-state index contributed by atoms with van der Waals surface area (Å²) in [4.78, 5) is 13.8. The Labute approximate surface area is 120 Å². The second kappa shape index (κ2) is 8.76. The maximum atomic E-state index is 11.8. The van der Waals surface area contributed by atoms with Crippen LogP contribution in [-0.2, 0) is 11.3 Å². The minimum atomic E-state index is -0.305. The molecule has 0 aliphatic carbocycles. The van der Waals surface area contributed by atoms with Crippen LogP contribution < -0.4 is 5.32 Å². The lowest BCUT2D eigenvalue weighted by Crippen LogP contribution is -2.27. The molecule has 1 amide bonds. The molecular formula is C16H21N3O. The number of nitrogens with zero attached hydrogens (tertiary/aromatic N) is 2. The molecule has 1 aromatic carbocycles. The topological polar surface area (TPSA) is 56.1 Å². The fraction of sp³-hybridized carbons (Fsp3) is 0.375. The van der Waals surface area contributed by atoms with Gasteiger partial charge in [0.05, 0.1) is 0 Å². The highest BCUT2D eigenvalue weighted by molar-refractivity contribution is 5.97. The molecule has 0 saturated heterocycles. The maximum Gasteiger partial charge on any atom is 0.263 e. The van der Waals surface area contributed by atoms with Gasteiger partial charge in [0, 0.05) is 25.8 Å². The molecule has 0 fully saturated rings. The summed E-state index contributed by atoms with van der Waals surface area (Å²) in [6.45, 7) is 5.98. The molecule has 0 aliphatic rings. The van der Waals surface area contributed by atoms with Crippen LogP contribution in [0.15, 0.2) is 42.1 Å². The summed E-state index contributed by atoms with van der Waals surface area (Å²) in [5.41, 5.74) is 1.30. The van der Waals surface area contributed by atoms with Crippen LogP contribution in [0.5, 0.6) is 0 Å². The number of hydrogen-bond acceptors (Lipinski definition) is 3. The molecule has 0 heterocycles. The van der Waals surface area contributed by atoms with Crippen LogP contribution in [0.2, 0.25) is 0 Å². The molecule has 0 radical (unpaired) electrons. The van der Waals surface area contributed by atoms with Gasteiger partial charge in [-0.1, -0.05) is 37.3 Å². The Morgan fingerprint density at radius 2 is 2.05 bits per heavy atom. The minimum Gasteiger partial charge on any atom is -0.372 e. The van der Waals surface area contributed by atoms with Gasteiger partial charge in [-0.2, -0.15) is 5.26 Å². The first kappa shape index (κ1) is 15.8. The van der Waals surface area contributed by atoms with Crippen molar-refractivity contribution in [2.24, 2.45) is 0 Å². The smallest absolute Gasteiger partial charge is 0.263 e. The van der Waals surface area contributed by atoms with Crippen LogP contribution in [0.3, 0.4) is 0 Å². The van der Waals surface area contributed by atoms with Crippen molar-refractivity contribution >= 4 is 5.91 Å². The van der Waals surface area contributed by atoms with E-state index in [4.69, 9.17) is 5.26 Å². The van der Waals surface area contributed by atoms with Crippen LogP contribution >= 0.6 is 0 Å². The number of carbonyl (C=O) groups is 1. The molecule has 0 spiro atoms. The van der Waals surface area contributed by atoms with E-state index in [1.54, 1.807) is 6.20 Å². The van der Waals surface area contributed by atoms with E-state index in [-0.39, 0.29) is 11.5 Å². The number of rotatable bonds is 7. The zero-order valence-electron chi connectivity index (χ0n) is 12.1. The van der Waals surface area contributed by atoms with Gasteiger partial charge in [0.25, 0.3) is 5.91 Å². The summed E-state index contributed by atoms with van der Waals surface area (Å²) >= 11 is 0. The van der Waals surface area contributed by atoms with Crippen LogP contribution in [0.4, 0.5) is 0 Å². The monoisotopic (exact) mass is 271 g/mol. The quantitative estimate of drug-likeness (QED) is 0.612. The summed E-state index contributed by atoms with van der Waals surface area (Å²) in [7, 11) is 0. The first-order valence-corrected chi connectivity index (χ1v) is 6.89. The van der Waals surface area contributed by atoms with E-state index >= 15 is 0 Å². The lowest BCUT2D eigenvalue weighted by Gasteiger charge is -2.18. The Hall–Kier alpha value is -2.28. The van der Waals surface area contributed by atoms with Gasteiger partial charge in [-0.3, -0.25) is 4.79 Å². The summed E-state index contributed by atoms with van der Waals surface area (Å²) in [6.07, 6.45) is 2.49. The Bertz CT molecular complexity index is 488. The van der Waals surface area contributed by atoms with Gasteiger partial charge >= 0.3 is 0 Å². The number of nitrogens with one attached hydrogen (secondary N) is 1. The van der Waals surface area contributed by atoms with E-state index in [0.29, 0.717) is 13.1 Å². The van der Waals surface area contributed by atoms with Gasteiger partial charge in [-0.25, -0.2) is 0 Å². The van der Waals surface area contributed by atoms with E-state index in [1.165, 1.54) is 0 Å². The molecular weight excluding hydrogens is 250 g/mol. The molecule has 20 heavy (non-hydrogen) atoms. The van der Waals surface area contributed by atoms with Crippen molar-refractivity contribution in [3.05, 3.63) is 47.7 Å². The number of carbonyl (C=O) groups excluding carboxylic acids is 1. The molecule has 0 saturated carbocycles. The van der Waals surface area contributed by atoms with Crippen LogP contribution in [0.1, 0.15) is 25.8 Å². The Morgan fingerprint density at radius 1 is 1.35 bits per heavy atom. The minimum absolute atomic E-state index is 0.149. The maximum absolute atomic E-state index is 11.8. The Balaban J connectivity index is 2.75. The van der Waals surface area contributed by atoms with Crippen molar-refractivity contribution in [1.82, 2.24) is 10.2 Å². The fourth-order valence-electron chi connectivity index (χ4n) is 1.72. The van der Waals surface area contributed by atoms with Crippen molar-refractivity contribution in [3.63, 3.8) is 0 Å². The van der Waals surface area contributed by atoms with Gasteiger partial charge < -0.3 is 10.2 Å². The number of amides is 1. The molecule has 4 nitrogen and oxygen atoms in total. The van der Waals surface area contributed by atoms with Crippen molar-refractivity contribution in [2.45, 2.75) is 26.8 Å². The van der Waals surface area contributed by atoms with Crippen LogP contribution in [0.25, 0.3) is 0 Å². The third-order valence-electron chi connectivity index (χ3n) is 2.85. The molecule has 0 aromatic heterocycles. The van der Waals surface area contributed by atoms with E-state index in [2.05, 4.69) is 5.32 Å². The van der Waals surface area contributed by atoms with Crippen molar-refractivity contribution in [2.75, 3.05) is 13.1 Å². The largest absolute Gasteiger partial charge is 0.372 e. The average Bonchev–Trinajstić information content (AvgIpc) is 2.49. The average molecular weight is 271 g/mol. The summed E-state index contributed by atoms with van der Waals surface area (Å²) in [5, 5.41) is 11.8. The highest BCUT2D eigenvalue weighted by atomic mass is 16.1. The van der Waals surface area contributed by atoms with Gasteiger partial charge in [0.15, 0.2) is 0 Å². The molecule has 0 aliphatic heterocycles. The third-order valence-corrected chi connectivity index (χ3v) is 2.85. The number of benzene rings is 1. The third kappa shape index (κ3) is 5.15. The van der Waals surface area contributed by atoms with Crippen molar-refractivity contribution in [1.29, 1.82) is 5.26 Å². The predicted molar refractivity (Wildman–Crippen MR) is 79.5 cm³/mol. The van der Waals surface area contributed by atoms with Crippen LogP contribution in [0, 0.1) is 11.3 Å². The van der Waals surface area contributed by atoms with E-state index in [1.807, 2.05) is 55.1 Å². The lowest BCUT2D eigenvalue weighted by molar-refractivity contribution is -0.117. The van der Waals surface area contributed by atoms with E-state index in [0.717, 1.165) is 18.5 Å². The molecule has 1 rings (SSSR count). The predicted octanol–water partition coefficient (Wildman–Crippen LogP) is 2.44. The Kier molecular flexibility index (Phi) is 6.91. The highest BCUT2D eigenvalue weighted by Gasteiger charge is 2.10. The molecule has 0 bridgehead atoms. The second-order valence-corrected chi connectivity index (χ2v) is 4.46. The first-order chi connectivity index (χ1) is 9.71. The Morgan fingerprint density at radius 3 is 2.60 bits per heavy atom. The molecule has 1 N–H and O–H groups in total. The number of nitriles is 1.